The van der Waals surface area contributed by atoms with E-state index in [9.17, 15) is 10.1 Å². The zero-order valence-electron chi connectivity index (χ0n) is 14.6. The number of fused-ring (bicyclic) bond motifs is 1. The van der Waals surface area contributed by atoms with Gasteiger partial charge in [0.25, 0.3) is 5.69 Å². The Balaban J connectivity index is 1.66. The van der Waals surface area contributed by atoms with E-state index in [-0.39, 0.29) is 17.6 Å². The molecule has 0 radical (unpaired) electrons. The molecule has 3 heterocycles. The number of pyridine rings is 1. The molecule has 1 saturated heterocycles. The summed E-state index contributed by atoms with van der Waals surface area (Å²) in [7, 11) is 0. The van der Waals surface area contributed by atoms with Crippen molar-refractivity contribution in [2.75, 3.05) is 11.4 Å². The van der Waals surface area contributed by atoms with Crippen LogP contribution in [0.4, 0.5) is 11.5 Å². The number of rotatable bonds is 4. The van der Waals surface area contributed by atoms with Gasteiger partial charge in [0.15, 0.2) is 5.82 Å². The lowest BCUT2D eigenvalue weighted by Crippen LogP contribution is -2.24. The maximum atomic E-state index is 10.9. The van der Waals surface area contributed by atoms with E-state index in [4.69, 9.17) is 9.51 Å². The predicted octanol–water partition coefficient (Wildman–Crippen LogP) is 3.99. The number of benzene rings is 1. The van der Waals surface area contributed by atoms with Crippen LogP contribution < -0.4 is 4.90 Å². The summed E-state index contributed by atoms with van der Waals surface area (Å²) in [4.78, 5) is 21.9. The Morgan fingerprint density at radius 1 is 1.27 bits per heavy atom. The monoisotopic (exact) mass is 353 g/mol. The fourth-order valence-electron chi connectivity index (χ4n) is 3.30. The lowest BCUT2D eigenvalue weighted by molar-refractivity contribution is -0.384. The van der Waals surface area contributed by atoms with E-state index in [2.05, 4.69) is 15.0 Å². The quantitative estimate of drug-likeness (QED) is 0.516. The normalized spacial score (nSPS) is 17.3. The average Bonchev–Trinajstić information content (AvgIpc) is 3.29. The number of hydrogen-bond acceptors (Lipinski definition) is 7. The van der Waals surface area contributed by atoms with Crippen LogP contribution in [0.5, 0.6) is 0 Å². The number of nitro benzene ring substituents is 1. The molecule has 1 aliphatic rings. The molecule has 8 nitrogen and oxygen atoms in total. The molecule has 1 atom stereocenters. The number of anilines is 1. The molecule has 0 aliphatic carbocycles. The van der Waals surface area contributed by atoms with Gasteiger partial charge in [-0.1, -0.05) is 19.0 Å². The summed E-state index contributed by atoms with van der Waals surface area (Å²) in [6.45, 7) is 4.91. The summed E-state index contributed by atoms with van der Waals surface area (Å²) in [5, 5.41) is 15.8. The van der Waals surface area contributed by atoms with Crippen LogP contribution in [-0.2, 0) is 0 Å². The van der Waals surface area contributed by atoms with Gasteiger partial charge < -0.3 is 9.42 Å². The second kappa shape index (κ2) is 6.36. The number of hydrogen-bond donors (Lipinski definition) is 0. The van der Waals surface area contributed by atoms with Crippen molar-refractivity contribution in [3.8, 4) is 0 Å². The molecular weight excluding hydrogens is 334 g/mol. The maximum Gasteiger partial charge on any atom is 0.270 e. The van der Waals surface area contributed by atoms with E-state index >= 15 is 0 Å². The molecule has 0 saturated carbocycles. The Hall–Kier alpha value is -3.03. The number of non-ortho nitro benzene ring substituents is 1. The fourth-order valence-corrected chi connectivity index (χ4v) is 3.30. The Morgan fingerprint density at radius 3 is 2.85 bits per heavy atom. The zero-order valence-corrected chi connectivity index (χ0v) is 14.6. The molecule has 1 aliphatic heterocycles. The van der Waals surface area contributed by atoms with Crippen LogP contribution in [0.15, 0.2) is 34.9 Å². The molecular formula is C18H19N5O3. The smallest absolute Gasteiger partial charge is 0.270 e. The molecule has 1 aromatic carbocycles. The van der Waals surface area contributed by atoms with Gasteiger partial charge >= 0.3 is 0 Å². The van der Waals surface area contributed by atoms with Crippen LogP contribution >= 0.6 is 0 Å². The second-order valence-corrected chi connectivity index (χ2v) is 6.80. The Bertz CT molecular complexity index is 968. The number of aromatic nitrogens is 3. The summed E-state index contributed by atoms with van der Waals surface area (Å²) in [5.41, 5.74) is 0.800. The molecule has 0 spiro atoms. The third-order valence-electron chi connectivity index (χ3n) is 4.67. The molecule has 2 aromatic heterocycles. The van der Waals surface area contributed by atoms with Gasteiger partial charge in [-0.3, -0.25) is 10.1 Å². The van der Waals surface area contributed by atoms with Gasteiger partial charge in [-0.05, 0) is 31.0 Å². The molecule has 4 rings (SSSR count). The van der Waals surface area contributed by atoms with Crippen LogP contribution in [0.25, 0.3) is 10.9 Å². The Morgan fingerprint density at radius 2 is 2.12 bits per heavy atom. The summed E-state index contributed by atoms with van der Waals surface area (Å²) in [5.74, 6) is 2.35. The van der Waals surface area contributed by atoms with Gasteiger partial charge in [-0.15, -0.1) is 0 Å². The van der Waals surface area contributed by atoms with E-state index in [1.807, 2.05) is 26.0 Å². The van der Waals surface area contributed by atoms with Crippen LogP contribution in [-0.4, -0.2) is 26.6 Å². The van der Waals surface area contributed by atoms with Crippen molar-refractivity contribution in [3.63, 3.8) is 0 Å². The van der Waals surface area contributed by atoms with E-state index in [1.54, 1.807) is 12.1 Å². The molecule has 0 bridgehead atoms. The predicted molar refractivity (Wildman–Crippen MR) is 96.1 cm³/mol. The minimum atomic E-state index is -0.396. The van der Waals surface area contributed by atoms with Crippen molar-refractivity contribution in [2.24, 2.45) is 0 Å². The first-order chi connectivity index (χ1) is 12.5. The number of nitrogens with zero attached hydrogens (tertiary/aromatic N) is 5. The molecule has 0 amide bonds. The van der Waals surface area contributed by atoms with Gasteiger partial charge in [-0.25, -0.2) is 4.98 Å². The van der Waals surface area contributed by atoms with Gasteiger partial charge in [0, 0.05) is 30.0 Å². The van der Waals surface area contributed by atoms with Crippen LogP contribution in [0.2, 0.25) is 0 Å². The first-order valence-corrected chi connectivity index (χ1v) is 8.68. The topological polar surface area (TPSA) is 98.2 Å². The maximum absolute atomic E-state index is 10.9. The van der Waals surface area contributed by atoms with E-state index in [1.165, 1.54) is 6.07 Å². The summed E-state index contributed by atoms with van der Waals surface area (Å²) >= 11 is 0. The van der Waals surface area contributed by atoms with Gasteiger partial charge in [0.1, 0.15) is 5.82 Å². The highest BCUT2D eigenvalue weighted by molar-refractivity contribution is 5.82. The molecule has 0 N–H and O–H groups in total. The van der Waals surface area contributed by atoms with Gasteiger partial charge in [-0.2, -0.15) is 4.98 Å². The summed E-state index contributed by atoms with van der Waals surface area (Å²) in [6.07, 6.45) is 1.97. The lowest BCUT2D eigenvalue weighted by atomic mass is 10.2. The largest absolute Gasteiger partial charge is 0.346 e. The zero-order chi connectivity index (χ0) is 18.3. The lowest BCUT2D eigenvalue weighted by Gasteiger charge is -2.23. The second-order valence-electron chi connectivity index (χ2n) is 6.80. The van der Waals surface area contributed by atoms with E-state index < -0.39 is 4.92 Å². The van der Waals surface area contributed by atoms with Crippen LogP contribution in [0.3, 0.4) is 0 Å². The molecule has 8 heteroatoms. The third-order valence-corrected chi connectivity index (χ3v) is 4.67. The highest BCUT2D eigenvalue weighted by atomic mass is 16.6. The van der Waals surface area contributed by atoms with E-state index in [0.717, 1.165) is 36.1 Å². The standard InChI is InChI=1S/C18H19N5O3/c1-11(2)18-20-17(21-26-18)15-4-3-9-22(15)16-8-5-12-10-13(23(24)25)6-7-14(12)19-16/h5-8,10-11,15H,3-4,9H2,1-2H3. The summed E-state index contributed by atoms with van der Waals surface area (Å²) < 4.78 is 5.36. The molecule has 3 aromatic rings. The van der Waals surface area contributed by atoms with Gasteiger partial charge in [0.2, 0.25) is 5.89 Å². The van der Waals surface area contributed by atoms with Crippen molar-refractivity contribution in [2.45, 2.75) is 38.6 Å². The first-order valence-electron chi connectivity index (χ1n) is 8.68. The highest BCUT2D eigenvalue weighted by Gasteiger charge is 2.31. The molecule has 134 valence electrons. The minimum absolute atomic E-state index is 0.0363. The van der Waals surface area contributed by atoms with E-state index in [0.29, 0.717) is 11.7 Å². The van der Waals surface area contributed by atoms with Crippen LogP contribution in [0.1, 0.15) is 50.4 Å². The van der Waals surface area contributed by atoms with Crippen molar-refractivity contribution in [1.29, 1.82) is 0 Å². The van der Waals surface area contributed by atoms with Crippen LogP contribution in [0, 0.1) is 10.1 Å². The Labute approximate surface area is 150 Å². The molecule has 26 heavy (non-hydrogen) atoms. The highest BCUT2D eigenvalue weighted by Crippen LogP contribution is 2.35. The third kappa shape index (κ3) is 2.87. The SMILES string of the molecule is CC(C)c1nc(C2CCCN2c2ccc3cc([N+](=O)[O-])ccc3n2)no1. The van der Waals surface area contributed by atoms with Crippen molar-refractivity contribution < 1.29 is 9.45 Å². The van der Waals surface area contributed by atoms with Crippen molar-refractivity contribution in [3.05, 3.63) is 52.2 Å². The molecule has 1 unspecified atom stereocenters. The minimum Gasteiger partial charge on any atom is -0.346 e. The van der Waals surface area contributed by atoms with Gasteiger partial charge in [0.05, 0.1) is 16.5 Å². The average molecular weight is 353 g/mol. The molecule has 1 fully saturated rings. The van der Waals surface area contributed by atoms with Crippen molar-refractivity contribution in [1.82, 2.24) is 15.1 Å². The van der Waals surface area contributed by atoms with Crippen molar-refractivity contribution >= 4 is 22.4 Å². The summed E-state index contributed by atoms with van der Waals surface area (Å²) in [6, 6.07) is 8.52. The first kappa shape index (κ1) is 16.4. The fraction of sp³-hybridized carbons (Fsp3) is 0.389. The number of nitro groups is 1. The Kier molecular flexibility index (Phi) is 4.02.